The Kier molecular flexibility index (Phi) is 9.55. The minimum absolute atomic E-state index is 0.115. The molecule has 1 atom stereocenters. The van der Waals surface area contributed by atoms with Crippen LogP contribution in [0.5, 0.6) is 11.5 Å². The van der Waals surface area contributed by atoms with Gasteiger partial charge in [-0.3, -0.25) is 4.79 Å². The summed E-state index contributed by atoms with van der Waals surface area (Å²) in [5.74, 6) is 3.53. The quantitative estimate of drug-likeness (QED) is 0.519. The molecule has 2 aromatic rings. The molecule has 0 radical (unpaired) electrons. The van der Waals surface area contributed by atoms with E-state index in [1.54, 1.807) is 7.11 Å². The van der Waals surface area contributed by atoms with E-state index in [1.807, 2.05) is 49.4 Å². The van der Waals surface area contributed by atoms with E-state index in [-0.39, 0.29) is 12.5 Å². The molecule has 0 aliphatic carbocycles. The van der Waals surface area contributed by atoms with Crippen molar-refractivity contribution in [3.63, 3.8) is 0 Å². The molecule has 0 aromatic heterocycles. The Morgan fingerprint density at radius 3 is 2.55 bits per heavy atom. The van der Waals surface area contributed by atoms with E-state index in [2.05, 4.69) is 27.2 Å². The Morgan fingerprint density at radius 2 is 1.90 bits per heavy atom. The lowest BCUT2D eigenvalue weighted by atomic mass is 10.1. The van der Waals surface area contributed by atoms with E-state index in [1.165, 1.54) is 0 Å². The van der Waals surface area contributed by atoms with Gasteiger partial charge in [0, 0.05) is 24.0 Å². The van der Waals surface area contributed by atoms with Crippen molar-refractivity contribution in [2.75, 3.05) is 26.9 Å². The molecule has 0 saturated heterocycles. The van der Waals surface area contributed by atoms with Gasteiger partial charge >= 0.3 is 0 Å². The molecule has 29 heavy (non-hydrogen) atoms. The number of methoxy groups -OCH3 is 1. The first-order chi connectivity index (χ1) is 14.1. The van der Waals surface area contributed by atoms with Crippen LogP contribution in [0.25, 0.3) is 0 Å². The van der Waals surface area contributed by atoms with E-state index in [9.17, 15) is 4.79 Å². The molecule has 1 amide bonds. The van der Waals surface area contributed by atoms with Crippen LogP contribution in [0.2, 0.25) is 0 Å². The Bertz CT molecular complexity index is 830. The van der Waals surface area contributed by atoms with Crippen LogP contribution in [-0.2, 0) is 22.4 Å². The second-order valence-corrected chi connectivity index (χ2v) is 7.21. The number of rotatable bonds is 11. The van der Waals surface area contributed by atoms with Gasteiger partial charge in [-0.05, 0) is 48.7 Å². The summed E-state index contributed by atoms with van der Waals surface area (Å²) in [4.78, 5) is 12.6. The van der Waals surface area contributed by atoms with E-state index in [4.69, 9.17) is 20.6 Å². The highest BCUT2D eigenvalue weighted by Gasteiger charge is 2.19. The van der Waals surface area contributed by atoms with Gasteiger partial charge < -0.3 is 19.5 Å². The van der Waals surface area contributed by atoms with E-state index in [0.29, 0.717) is 37.5 Å². The number of ether oxygens (including phenoxy) is 3. The molecular weight excluding hydrogens is 434 g/mol. The molecule has 5 nitrogen and oxygen atoms in total. The number of hydrogen-bond donors (Lipinski definition) is 1. The van der Waals surface area contributed by atoms with Crippen LogP contribution in [0, 0.1) is 12.3 Å². The zero-order valence-corrected chi connectivity index (χ0v) is 18.3. The number of nitrogens with one attached hydrogen (secondary N) is 1. The fourth-order valence-corrected chi connectivity index (χ4v) is 3.08. The van der Waals surface area contributed by atoms with Gasteiger partial charge in [-0.15, -0.1) is 6.42 Å². The van der Waals surface area contributed by atoms with Gasteiger partial charge in [0.2, 0.25) is 5.91 Å². The van der Waals surface area contributed by atoms with Gasteiger partial charge in [0.15, 0.2) is 11.5 Å². The summed E-state index contributed by atoms with van der Waals surface area (Å²) >= 11 is 3.42. The Balaban J connectivity index is 1.90. The number of hydrogen-bond acceptors (Lipinski definition) is 4. The van der Waals surface area contributed by atoms with Gasteiger partial charge in [0.25, 0.3) is 0 Å². The number of halogens is 1. The molecule has 0 bridgehead atoms. The number of benzene rings is 2. The number of carbonyl (C=O) groups excluding carboxylic acids is 1. The summed E-state index contributed by atoms with van der Waals surface area (Å²) in [5, 5.41) is 2.96. The van der Waals surface area contributed by atoms with Crippen molar-refractivity contribution in [3.8, 4) is 23.8 Å². The van der Waals surface area contributed by atoms with Crippen molar-refractivity contribution in [3.05, 3.63) is 58.1 Å². The number of terminal acetylenes is 1. The highest BCUT2D eigenvalue weighted by Crippen LogP contribution is 2.28. The fourth-order valence-electron chi connectivity index (χ4n) is 2.81. The van der Waals surface area contributed by atoms with Crippen LogP contribution in [0.1, 0.15) is 18.1 Å². The van der Waals surface area contributed by atoms with Gasteiger partial charge in [0.1, 0.15) is 12.7 Å². The van der Waals surface area contributed by atoms with Crippen LogP contribution in [0.4, 0.5) is 0 Å². The standard InChI is InChI=1S/C23H26BrNO4/c1-4-14-29-20-11-8-18(15-21(20)27-3)12-13-25-23(26)22(28-5-2)16-17-6-9-19(24)10-7-17/h1,6-11,15,22H,5,12-14,16H2,2-3H3,(H,25,26)/t22-/m1/s1. The van der Waals surface area contributed by atoms with Crippen LogP contribution in [0.3, 0.4) is 0 Å². The molecule has 2 aromatic carbocycles. The fraction of sp³-hybridized carbons (Fsp3) is 0.348. The summed E-state index contributed by atoms with van der Waals surface area (Å²) in [6, 6.07) is 13.5. The third-order valence-corrected chi connectivity index (χ3v) is 4.78. The summed E-state index contributed by atoms with van der Waals surface area (Å²) in [6.45, 7) is 3.04. The zero-order chi connectivity index (χ0) is 21.1. The minimum Gasteiger partial charge on any atom is -0.493 e. The molecule has 0 saturated carbocycles. The number of carbonyl (C=O) groups is 1. The van der Waals surface area contributed by atoms with Gasteiger partial charge in [0.05, 0.1) is 7.11 Å². The van der Waals surface area contributed by atoms with Crippen molar-refractivity contribution >= 4 is 21.8 Å². The molecule has 0 aliphatic heterocycles. The highest BCUT2D eigenvalue weighted by atomic mass is 79.9. The van der Waals surface area contributed by atoms with Crippen molar-refractivity contribution in [2.24, 2.45) is 0 Å². The maximum absolute atomic E-state index is 12.6. The maximum atomic E-state index is 12.6. The lowest BCUT2D eigenvalue weighted by molar-refractivity contribution is -0.132. The topological polar surface area (TPSA) is 56.8 Å². The molecule has 0 heterocycles. The number of amides is 1. The van der Waals surface area contributed by atoms with Crippen LogP contribution in [0.15, 0.2) is 46.9 Å². The monoisotopic (exact) mass is 459 g/mol. The van der Waals surface area contributed by atoms with Crippen LogP contribution in [-0.4, -0.2) is 38.9 Å². The maximum Gasteiger partial charge on any atom is 0.249 e. The van der Waals surface area contributed by atoms with Gasteiger partial charge in [-0.2, -0.15) is 0 Å². The largest absolute Gasteiger partial charge is 0.493 e. The highest BCUT2D eigenvalue weighted by molar-refractivity contribution is 9.10. The molecule has 0 aliphatic rings. The van der Waals surface area contributed by atoms with Crippen molar-refractivity contribution in [1.29, 1.82) is 0 Å². The summed E-state index contributed by atoms with van der Waals surface area (Å²) in [6.07, 6.45) is 5.90. The minimum atomic E-state index is -0.518. The van der Waals surface area contributed by atoms with Crippen molar-refractivity contribution in [1.82, 2.24) is 5.32 Å². The molecule has 2 rings (SSSR count). The Hall–Kier alpha value is -2.49. The second kappa shape index (κ2) is 12.2. The summed E-state index contributed by atoms with van der Waals surface area (Å²) < 4.78 is 17.5. The van der Waals surface area contributed by atoms with Crippen LogP contribution < -0.4 is 14.8 Å². The summed E-state index contributed by atoms with van der Waals surface area (Å²) in [7, 11) is 1.58. The zero-order valence-electron chi connectivity index (χ0n) is 16.7. The lowest BCUT2D eigenvalue weighted by Crippen LogP contribution is -2.38. The van der Waals surface area contributed by atoms with Crippen molar-refractivity contribution in [2.45, 2.75) is 25.9 Å². The third-order valence-electron chi connectivity index (χ3n) is 4.25. The van der Waals surface area contributed by atoms with Gasteiger partial charge in [-0.25, -0.2) is 0 Å². The predicted octanol–water partition coefficient (Wildman–Crippen LogP) is 3.78. The molecule has 0 spiro atoms. The van der Waals surface area contributed by atoms with Crippen LogP contribution >= 0.6 is 15.9 Å². The summed E-state index contributed by atoms with van der Waals surface area (Å²) in [5.41, 5.74) is 2.07. The second-order valence-electron chi connectivity index (χ2n) is 6.29. The normalized spacial score (nSPS) is 11.4. The average molecular weight is 460 g/mol. The van der Waals surface area contributed by atoms with E-state index >= 15 is 0 Å². The first-order valence-corrected chi connectivity index (χ1v) is 10.2. The third kappa shape index (κ3) is 7.45. The average Bonchev–Trinajstić information content (AvgIpc) is 2.73. The van der Waals surface area contributed by atoms with E-state index < -0.39 is 6.10 Å². The smallest absolute Gasteiger partial charge is 0.249 e. The Labute approximate surface area is 180 Å². The molecule has 0 fully saturated rings. The first-order valence-electron chi connectivity index (χ1n) is 9.44. The molecule has 6 heteroatoms. The lowest BCUT2D eigenvalue weighted by Gasteiger charge is -2.17. The first kappa shape index (κ1) is 22.8. The predicted molar refractivity (Wildman–Crippen MR) is 117 cm³/mol. The SMILES string of the molecule is C#CCOc1ccc(CCNC(=O)[C@@H](Cc2ccc(Br)cc2)OCC)cc1OC. The van der Waals surface area contributed by atoms with Gasteiger partial charge in [-0.1, -0.05) is 40.0 Å². The van der Waals surface area contributed by atoms with E-state index in [0.717, 1.165) is 15.6 Å². The molecular formula is C23H26BrNO4. The van der Waals surface area contributed by atoms with Crippen molar-refractivity contribution < 1.29 is 19.0 Å². The molecule has 0 unspecified atom stereocenters. The molecule has 154 valence electrons. The molecule has 1 N–H and O–H groups in total. The Morgan fingerprint density at radius 1 is 1.17 bits per heavy atom.